The van der Waals surface area contributed by atoms with Gasteiger partial charge in [0.2, 0.25) is 0 Å². The molecule has 3 rings (SSSR count). The van der Waals surface area contributed by atoms with Crippen LogP contribution >= 0.6 is 0 Å². The van der Waals surface area contributed by atoms with E-state index in [1.54, 1.807) is 29.3 Å². The van der Waals surface area contributed by atoms with Gasteiger partial charge in [-0.1, -0.05) is 12.8 Å². The van der Waals surface area contributed by atoms with Crippen molar-refractivity contribution in [1.29, 1.82) is 0 Å². The second-order valence-corrected chi connectivity index (χ2v) is 5.38. The average Bonchev–Trinajstić information content (AvgIpc) is 2.90. The van der Waals surface area contributed by atoms with Crippen LogP contribution in [0.25, 0.3) is 5.52 Å². The Hall–Kier alpha value is -1.95. The van der Waals surface area contributed by atoms with E-state index in [-0.39, 0.29) is 11.9 Å². The fourth-order valence-electron chi connectivity index (χ4n) is 2.82. The summed E-state index contributed by atoms with van der Waals surface area (Å²) in [6, 6.07) is 0.203. The van der Waals surface area contributed by atoms with Gasteiger partial charge in [0.15, 0.2) is 0 Å². The van der Waals surface area contributed by atoms with Gasteiger partial charge in [0.05, 0.1) is 23.5 Å². The molecule has 2 atom stereocenters. The molecular weight excluding hydrogens is 254 g/mol. The Labute approximate surface area is 117 Å². The Morgan fingerprint density at radius 3 is 3.10 bits per heavy atom. The molecule has 6 heteroatoms. The normalized spacial score (nSPS) is 22.9. The Bertz CT molecular complexity index is 608. The standard InChI is InChI=1S/C14H19N5O/c15-12-4-2-1-3-10(12)7-17-14(20)11-8-18-19-6-5-16-9-13(11)19/h5-6,8-10,12H,1-4,7,15H2,(H,17,20). The summed E-state index contributed by atoms with van der Waals surface area (Å²) in [7, 11) is 0. The van der Waals surface area contributed by atoms with Gasteiger partial charge in [-0.05, 0) is 18.8 Å². The fourth-order valence-corrected chi connectivity index (χ4v) is 2.82. The van der Waals surface area contributed by atoms with Gasteiger partial charge in [-0.15, -0.1) is 0 Å². The third kappa shape index (κ3) is 2.51. The Morgan fingerprint density at radius 2 is 2.25 bits per heavy atom. The average molecular weight is 273 g/mol. The summed E-state index contributed by atoms with van der Waals surface area (Å²) >= 11 is 0. The van der Waals surface area contributed by atoms with Crippen molar-refractivity contribution >= 4 is 11.4 Å². The first-order chi connectivity index (χ1) is 9.75. The monoisotopic (exact) mass is 273 g/mol. The van der Waals surface area contributed by atoms with Gasteiger partial charge < -0.3 is 11.1 Å². The molecule has 2 heterocycles. The van der Waals surface area contributed by atoms with Gasteiger partial charge in [0, 0.05) is 25.0 Å². The molecule has 20 heavy (non-hydrogen) atoms. The molecule has 2 unspecified atom stereocenters. The predicted octanol–water partition coefficient (Wildman–Crippen LogP) is 0.977. The first kappa shape index (κ1) is 13.1. The Kier molecular flexibility index (Phi) is 3.64. The zero-order chi connectivity index (χ0) is 13.9. The minimum atomic E-state index is -0.106. The molecule has 106 valence electrons. The number of aromatic nitrogens is 3. The van der Waals surface area contributed by atoms with E-state index in [1.807, 2.05) is 0 Å². The van der Waals surface area contributed by atoms with Crippen LogP contribution in [-0.4, -0.2) is 33.1 Å². The van der Waals surface area contributed by atoms with Crippen molar-refractivity contribution in [2.75, 3.05) is 6.54 Å². The van der Waals surface area contributed by atoms with Crippen molar-refractivity contribution in [1.82, 2.24) is 19.9 Å². The maximum absolute atomic E-state index is 12.2. The number of hydrogen-bond acceptors (Lipinski definition) is 4. The van der Waals surface area contributed by atoms with E-state index in [9.17, 15) is 4.79 Å². The maximum atomic E-state index is 12.2. The highest BCUT2D eigenvalue weighted by atomic mass is 16.1. The summed E-state index contributed by atoms with van der Waals surface area (Å²) in [6.45, 7) is 0.637. The number of nitrogens with one attached hydrogen (secondary N) is 1. The zero-order valence-electron chi connectivity index (χ0n) is 11.3. The minimum Gasteiger partial charge on any atom is -0.352 e. The van der Waals surface area contributed by atoms with Gasteiger partial charge in [0.1, 0.15) is 0 Å². The number of amides is 1. The van der Waals surface area contributed by atoms with Crippen LogP contribution in [0, 0.1) is 5.92 Å². The lowest BCUT2D eigenvalue weighted by Gasteiger charge is -2.28. The van der Waals surface area contributed by atoms with E-state index in [1.165, 1.54) is 12.8 Å². The van der Waals surface area contributed by atoms with Crippen molar-refractivity contribution in [3.63, 3.8) is 0 Å². The molecule has 1 aliphatic carbocycles. The topological polar surface area (TPSA) is 85.3 Å². The van der Waals surface area contributed by atoms with Crippen LogP contribution in [0.15, 0.2) is 24.8 Å². The van der Waals surface area contributed by atoms with Crippen molar-refractivity contribution in [3.05, 3.63) is 30.4 Å². The number of fused-ring (bicyclic) bond motifs is 1. The smallest absolute Gasteiger partial charge is 0.255 e. The molecule has 1 amide bonds. The third-order valence-electron chi connectivity index (χ3n) is 4.06. The minimum absolute atomic E-state index is 0.106. The lowest BCUT2D eigenvalue weighted by atomic mass is 9.85. The molecule has 0 saturated heterocycles. The first-order valence-electron chi connectivity index (χ1n) is 7.07. The molecule has 1 saturated carbocycles. The van der Waals surface area contributed by atoms with Crippen LogP contribution in [0.1, 0.15) is 36.0 Å². The number of rotatable bonds is 3. The highest BCUT2D eigenvalue weighted by Crippen LogP contribution is 2.22. The van der Waals surface area contributed by atoms with Gasteiger partial charge in [-0.2, -0.15) is 5.10 Å². The second-order valence-electron chi connectivity index (χ2n) is 5.38. The van der Waals surface area contributed by atoms with Crippen LogP contribution in [0.3, 0.4) is 0 Å². The predicted molar refractivity (Wildman–Crippen MR) is 75.3 cm³/mol. The van der Waals surface area contributed by atoms with Crippen molar-refractivity contribution in [2.45, 2.75) is 31.7 Å². The number of hydrogen-bond donors (Lipinski definition) is 2. The molecule has 1 fully saturated rings. The van der Waals surface area contributed by atoms with Crippen molar-refractivity contribution < 1.29 is 4.79 Å². The summed E-state index contributed by atoms with van der Waals surface area (Å²) in [5.41, 5.74) is 7.37. The van der Waals surface area contributed by atoms with Crippen LogP contribution in [0.4, 0.5) is 0 Å². The summed E-state index contributed by atoms with van der Waals surface area (Å²) in [6.07, 6.45) is 11.1. The lowest BCUT2D eigenvalue weighted by molar-refractivity contribution is 0.0943. The molecule has 0 aliphatic heterocycles. The largest absolute Gasteiger partial charge is 0.352 e. The molecule has 1 aliphatic rings. The van der Waals surface area contributed by atoms with E-state index in [0.29, 0.717) is 18.0 Å². The molecule has 0 radical (unpaired) electrons. The summed E-state index contributed by atoms with van der Waals surface area (Å²) in [4.78, 5) is 16.3. The van der Waals surface area contributed by atoms with Gasteiger partial charge in [0.25, 0.3) is 5.91 Å². The maximum Gasteiger partial charge on any atom is 0.255 e. The third-order valence-corrected chi connectivity index (χ3v) is 4.06. The molecule has 0 aromatic carbocycles. The Balaban J connectivity index is 1.67. The summed E-state index contributed by atoms with van der Waals surface area (Å²) in [5.74, 6) is 0.276. The highest BCUT2D eigenvalue weighted by Gasteiger charge is 2.22. The van der Waals surface area contributed by atoms with E-state index in [0.717, 1.165) is 18.4 Å². The van der Waals surface area contributed by atoms with Crippen molar-refractivity contribution in [2.24, 2.45) is 11.7 Å². The second kappa shape index (κ2) is 5.58. The Morgan fingerprint density at radius 1 is 1.40 bits per heavy atom. The fraction of sp³-hybridized carbons (Fsp3) is 0.500. The summed E-state index contributed by atoms with van der Waals surface area (Å²) in [5, 5.41) is 7.12. The molecule has 2 aromatic heterocycles. The van der Waals surface area contributed by atoms with Crippen LogP contribution in [0.2, 0.25) is 0 Å². The van der Waals surface area contributed by atoms with Crippen LogP contribution in [-0.2, 0) is 0 Å². The quantitative estimate of drug-likeness (QED) is 0.873. The zero-order valence-corrected chi connectivity index (χ0v) is 11.3. The lowest BCUT2D eigenvalue weighted by Crippen LogP contribution is -2.41. The van der Waals surface area contributed by atoms with Gasteiger partial charge in [-0.3, -0.25) is 9.78 Å². The van der Waals surface area contributed by atoms with Crippen LogP contribution in [0.5, 0.6) is 0 Å². The number of nitrogens with zero attached hydrogens (tertiary/aromatic N) is 3. The SMILES string of the molecule is NC1CCCCC1CNC(=O)c1cnn2ccncc12. The van der Waals surface area contributed by atoms with E-state index in [2.05, 4.69) is 15.4 Å². The number of nitrogens with two attached hydrogens (primary N) is 1. The number of carbonyl (C=O) groups excluding carboxylic acids is 1. The molecule has 0 bridgehead atoms. The number of carbonyl (C=O) groups is 1. The molecule has 3 N–H and O–H groups in total. The molecule has 0 spiro atoms. The van der Waals surface area contributed by atoms with Gasteiger partial charge >= 0.3 is 0 Å². The molecular formula is C14H19N5O. The van der Waals surface area contributed by atoms with E-state index < -0.39 is 0 Å². The van der Waals surface area contributed by atoms with Crippen LogP contribution < -0.4 is 11.1 Å². The molecule has 2 aromatic rings. The van der Waals surface area contributed by atoms with Crippen molar-refractivity contribution in [3.8, 4) is 0 Å². The highest BCUT2D eigenvalue weighted by molar-refractivity contribution is 6.00. The molecule has 6 nitrogen and oxygen atoms in total. The van der Waals surface area contributed by atoms with E-state index in [4.69, 9.17) is 5.73 Å². The first-order valence-corrected chi connectivity index (χ1v) is 7.07. The van der Waals surface area contributed by atoms with E-state index >= 15 is 0 Å². The van der Waals surface area contributed by atoms with Gasteiger partial charge in [-0.25, -0.2) is 4.52 Å². The summed E-state index contributed by atoms with van der Waals surface area (Å²) < 4.78 is 1.65.